The van der Waals surface area contributed by atoms with E-state index in [4.69, 9.17) is 16.3 Å². The Morgan fingerprint density at radius 3 is 2.50 bits per heavy atom. The van der Waals surface area contributed by atoms with Crippen molar-refractivity contribution in [3.05, 3.63) is 64.2 Å². The lowest BCUT2D eigenvalue weighted by Gasteiger charge is -2.34. The van der Waals surface area contributed by atoms with Gasteiger partial charge < -0.3 is 10.1 Å². The molecular formula is C22H27ClN2O4S. The highest BCUT2D eigenvalue weighted by Gasteiger charge is 2.33. The third-order valence-corrected chi connectivity index (χ3v) is 7.45. The zero-order valence-electron chi connectivity index (χ0n) is 17.4. The average molecular weight is 451 g/mol. The predicted molar refractivity (Wildman–Crippen MR) is 117 cm³/mol. The van der Waals surface area contributed by atoms with Gasteiger partial charge in [0.25, 0.3) is 5.91 Å². The fourth-order valence-corrected chi connectivity index (χ4v) is 5.70. The number of carbonyl (C=O) groups excluding carboxylic acids is 1. The van der Waals surface area contributed by atoms with E-state index in [2.05, 4.69) is 5.32 Å². The summed E-state index contributed by atoms with van der Waals surface area (Å²) in [5, 5.41) is 2.95. The largest absolute Gasteiger partial charge is 0.373 e. The predicted octanol–water partition coefficient (Wildman–Crippen LogP) is 3.42. The van der Waals surface area contributed by atoms with Crippen molar-refractivity contribution in [1.29, 1.82) is 0 Å². The fourth-order valence-electron chi connectivity index (χ4n) is 3.61. The van der Waals surface area contributed by atoms with Crippen molar-refractivity contribution < 1.29 is 17.9 Å². The number of nitrogens with one attached hydrogen (secondary N) is 1. The maximum Gasteiger partial charge on any atom is 0.251 e. The molecule has 1 fully saturated rings. The minimum Gasteiger partial charge on any atom is -0.373 e. The zero-order valence-corrected chi connectivity index (χ0v) is 19.0. The second-order valence-electron chi connectivity index (χ2n) is 7.66. The van der Waals surface area contributed by atoms with Crippen LogP contribution < -0.4 is 5.32 Å². The summed E-state index contributed by atoms with van der Waals surface area (Å²) >= 11 is 6.21. The molecule has 1 aliphatic rings. The molecular weight excluding hydrogens is 424 g/mol. The summed E-state index contributed by atoms with van der Waals surface area (Å²) in [5.41, 5.74) is 2.59. The van der Waals surface area contributed by atoms with Gasteiger partial charge >= 0.3 is 0 Å². The number of hydrogen-bond donors (Lipinski definition) is 1. The van der Waals surface area contributed by atoms with Crippen LogP contribution in [0.25, 0.3) is 0 Å². The summed E-state index contributed by atoms with van der Waals surface area (Å²) in [4.78, 5) is 12.5. The van der Waals surface area contributed by atoms with Crippen molar-refractivity contribution >= 4 is 27.5 Å². The number of carbonyl (C=O) groups is 1. The number of nitrogens with zero attached hydrogens (tertiary/aromatic N) is 1. The van der Waals surface area contributed by atoms with E-state index in [0.717, 1.165) is 5.56 Å². The van der Waals surface area contributed by atoms with Crippen LogP contribution in [0.2, 0.25) is 5.02 Å². The molecule has 1 amide bonds. The minimum atomic E-state index is -3.84. The zero-order chi connectivity index (χ0) is 21.9. The molecule has 2 aromatic carbocycles. The first-order chi connectivity index (χ1) is 14.2. The van der Waals surface area contributed by atoms with Gasteiger partial charge in [-0.2, -0.15) is 4.31 Å². The first kappa shape index (κ1) is 22.7. The summed E-state index contributed by atoms with van der Waals surface area (Å²) in [7, 11) is -3.84. The van der Waals surface area contributed by atoms with E-state index < -0.39 is 10.0 Å². The van der Waals surface area contributed by atoms with E-state index in [-0.39, 0.29) is 46.7 Å². The molecule has 0 aromatic heterocycles. The Labute approximate surface area is 183 Å². The number of morpholine rings is 1. The first-order valence-electron chi connectivity index (χ1n) is 9.96. The first-order valence-corrected chi connectivity index (χ1v) is 11.8. The van der Waals surface area contributed by atoms with Crippen LogP contribution in [-0.2, 0) is 21.2 Å². The van der Waals surface area contributed by atoms with Crippen molar-refractivity contribution in [1.82, 2.24) is 9.62 Å². The average Bonchev–Trinajstić information content (AvgIpc) is 2.68. The summed E-state index contributed by atoms with van der Waals surface area (Å²) in [6.07, 6.45) is 0.270. The SMILES string of the molecule is Cc1ccccc1CCNC(=O)c1ccc(Cl)c(S(=O)(=O)N2C[C@H](C)O[C@@H](C)C2)c1. The van der Waals surface area contributed by atoms with Gasteiger partial charge in [-0.3, -0.25) is 4.79 Å². The molecule has 2 atom stereocenters. The smallest absolute Gasteiger partial charge is 0.251 e. The molecule has 1 N–H and O–H groups in total. The van der Waals surface area contributed by atoms with Crippen LogP contribution in [-0.4, -0.2) is 50.5 Å². The Morgan fingerprint density at radius 1 is 1.17 bits per heavy atom. The molecule has 162 valence electrons. The Kier molecular flexibility index (Phi) is 7.18. The van der Waals surface area contributed by atoms with Crippen molar-refractivity contribution in [3.63, 3.8) is 0 Å². The Morgan fingerprint density at radius 2 is 1.83 bits per heavy atom. The molecule has 2 aromatic rings. The van der Waals surface area contributed by atoms with Gasteiger partial charge in [0.15, 0.2) is 0 Å². The summed E-state index contributed by atoms with van der Waals surface area (Å²) < 4.78 is 33.3. The highest BCUT2D eigenvalue weighted by atomic mass is 35.5. The van der Waals surface area contributed by atoms with Gasteiger partial charge in [-0.25, -0.2) is 8.42 Å². The molecule has 1 aliphatic heterocycles. The topological polar surface area (TPSA) is 75.7 Å². The van der Waals surface area contributed by atoms with Gasteiger partial charge in [-0.1, -0.05) is 35.9 Å². The number of benzene rings is 2. The minimum absolute atomic E-state index is 0.0583. The Hall–Kier alpha value is -1.93. The van der Waals surface area contributed by atoms with E-state index in [1.54, 1.807) is 0 Å². The molecule has 0 spiro atoms. The van der Waals surface area contributed by atoms with E-state index in [0.29, 0.717) is 13.0 Å². The molecule has 30 heavy (non-hydrogen) atoms. The molecule has 3 rings (SSSR count). The number of aryl methyl sites for hydroxylation is 1. The molecule has 8 heteroatoms. The normalized spacial score (nSPS) is 20.1. The maximum atomic E-state index is 13.2. The van der Waals surface area contributed by atoms with Crippen molar-refractivity contribution in [2.75, 3.05) is 19.6 Å². The number of amides is 1. The van der Waals surface area contributed by atoms with Crippen LogP contribution >= 0.6 is 11.6 Å². The van der Waals surface area contributed by atoms with E-state index in [1.807, 2.05) is 45.0 Å². The van der Waals surface area contributed by atoms with Crippen LogP contribution in [0.5, 0.6) is 0 Å². The lowest BCUT2D eigenvalue weighted by atomic mass is 10.1. The van der Waals surface area contributed by atoms with Crippen molar-refractivity contribution in [2.45, 2.75) is 44.3 Å². The van der Waals surface area contributed by atoms with Gasteiger partial charge in [-0.15, -0.1) is 0 Å². The Balaban J connectivity index is 1.74. The Bertz CT molecular complexity index is 1020. The fraction of sp³-hybridized carbons (Fsp3) is 0.409. The van der Waals surface area contributed by atoms with Crippen LogP contribution in [0.3, 0.4) is 0 Å². The second kappa shape index (κ2) is 9.47. The summed E-state index contributed by atoms with van der Waals surface area (Å²) in [6, 6.07) is 12.3. The van der Waals surface area contributed by atoms with E-state index in [1.165, 1.54) is 28.1 Å². The standard InChI is InChI=1S/C22H27ClN2O4S/c1-15-6-4-5-7-18(15)10-11-24-22(26)19-8-9-20(23)21(12-19)30(27,28)25-13-16(2)29-17(3)14-25/h4-9,12,16-17H,10-11,13-14H2,1-3H3,(H,24,26)/t16-,17-/m0/s1. The number of halogens is 1. The number of rotatable bonds is 6. The second-order valence-corrected chi connectivity index (χ2v) is 9.97. The number of ether oxygens (including phenoxy) is 1. The molecule has 0 unspecified atom stereocenters. The third-order valence-electron chi connectivity index (χ3n) is 5.14. The van der Waals surface area contributed by atoms with Crippen LogP contribution in [0.4, 0.5) is 0 Å². The van der Waals surface area contributed by atoms with Gasteiger partial charge in [0.2, 0.25) is 10.0 Å². The summed E-state index contributed by atoms with van der Waals surface area (Å²) in [6.45, 7) is 6.63. The van der Waals surface area contributed by atoms with Gasteiger partial charge in [0, 0.05) is 25.2 Å². The molecule has 0 radical (unpaired) electrons. The quantitative estimate of drug-likeness (QED) is 0.731. The molecule has 0 saturated carbocycles. The molecule has 6 nitrogen and oxygen atoms in total. The molecule has 1 saturated heterocycles. The van der Waals surface area contributed by atoms with Crippen LogP contribution in [0, 0.1) is 6.92 Å². The molecule has 1 heterocycles. The highest BCUT2D eigenvalue weighted by molar-refractivity contribution is 7.89. The van der Waals surface area contributed by atoms with E-state index >= 15 is 0 Å². The maximum absolute atomic E-state index is 13.2. The van der Waals surface area contributed by atoms with Gasteiger partial charge in [0.05, 0.1) is 17.2 Å². The lowest BCUT2D eigenvalue weighted by molar-refractivity contribution is -0.0440. The van der Waals surface area contributed by atoms with Gasteiger partial charge in [0.1, 0.15) is 4.90 Å². The van der Waals surface area contributed by atoms with Gasteiger partial charge in [-0.05, 0) is 56.5 Å². The monoisotopic (exact) mass is 450 g/mol. The van der Waals surface area contributed by atoms with Crippen molar-refractivity contribution in [3.8, 4) is 0 Å². The molecule has 0 bridgehead atoms. The highest BCUT2D eigenvalue weighted by Crippen LogP contribution is 2.28. The van der Waals surface area contributed by atoms with Crippen LogP contribution in [0.15, 0.2) is 47.4 Å². The third kappa shape index (κ3) is 5.21. The van der Waals surface area contributed by atoms with Crippen LogP contribution in [0.1, 0.15) is 35.3 Å². The number of hydrogen-bond acceptors (Lipinski definition) is 4. The van der Waals surface area contributed by atoms with E-state index in [9.17, 15) is 13.2 Å². The summed E-state index contributed by atoms with van der Waals surface area (Å²) in [5.74, 6) is -0.333. The van der Waals surface area contributed by atoms with Crippen molar-refractivity contribution in [2.24, 2.45) is 0 Å². The lowest BCUT2D eigenvalue weighted by Crippen LogP contribution is -2.48. The molecule has 0 aliphatic carbocycles. The number of sulfonamides is 1.